The number of amides is 1. The summed E-state index contributed by atoms with van der Waals surface area (Å²) in [6, 6.07) is 4.94. The lowest BCUT2D eigenvalue weighted by atomic mass is 9.97. The van der Waals surface area contributed by atoms with E-state index >= 15 is 0 Å². The van der Waals surface area contributed by atoms with Gasteiger partial charge in [-0.3, -0.25) is 4.79 Å². The Bertz CT molecular complexity index is 994. The summed E-state index contributed by atoms with van der Waals surface area (Å²) in [6.45, 7) is 8.04. The predicted molar refractivity (Wildman–Crippen MR) is 106 cm³/mol. The van der Waals surface area contributed by atoms with Gasteiger partial charge in [0.25, 0.3) is 0 Å². The molecule has 2 heterocycles. The first-order chi connectivity index (χ1) is 13.6. The van der Waals surface area contributed by atoms with Crippen LogP contribution in [0.4, 0.5) is 5.69 Å². The van der Waals surface area contributed by atoms with Crippen LogP contribution in [0.1, 0.15) is 45.8 Å². The van der Waals surface area contributed by atoms with E-state index in [0.29, 0.717) is 36.3 Å². The van der Waals surface area contributed by atoms with Crippen molar-refractivity contribution in [1.29, 1.82) is 0 Å². The number of benzene rings is 1. The number of carbonyl (C=O) groups excluding carboxylic acids is 1. The topological polar surface area (TPSA) is 121 Å². The number of hydrogen-bond donors (Lipinski definition) is 1. The molecule has 29 heavy (non-hydrogen) atoms. The number of hydrogen-bond acceptors (Lipinski definition) is 8. The molecule has 1 aliphatic rings. The SMILES string of the molecule is C[C@H](C(=O)Nc1ccc2c(c1)OCCCO2)S(=O)(=O)Cc1noc(C(C)(C)C)n1. The standard InChI is InChI=1S/C19H25N3O6S/c1-12(29(24,25)11-16-21-18(28-22-16)19(2,3)4)17(23)20-13-6-7-14-15(10-13)27-9-5-8-26-14/h6-7,10,12H,5,8-9,11H2,1-4H3,(H,20,23)/t12-/m1/s1. The van der Waals surface area contributed by atoms with Crippen LogP contribution >= 0.6 is 0 Å². The Balaban J connectivity index is 1.69. The van der Waals surface area contributed by atoms with E-state index in [0.717, 1.165) is 6.42 Å². The summed E-state index contributed by atoms with van der Waals surface area (Å²) in [5.41, 5.74) is 0.0330. The highest BCUT2D eigenvalue weighted by Crippen LogP contribution is 2.32. The van der Waals surface area contributed by atoms with Gasteiger partial charge in [0.1, 0.15) is 11.0 Å². The Kier molecular flexibility index (Phi) is 5.83. The van der Waals surface area contributed by atoms with Crippen LogP contribution < -0.4 is 14.8 Å². The molecule has 0 radical (unpaired) electrons. The highest BCUT2D eigenvalue weighted by atomic mass is 32.2. The maximum atomic E-state index is 12.6. The van der Waals surface area contributed by atoms with Gasteiger partial charge in [-0.2, -0.15) is 4.98 Å². The highest BCUT2D eigenvalue weighted by molar-refractivity contribution is 7.92. The second-order valence-corrected chi connectivity index (χ2v) is 10.2. The van der Waals surface area contributed by atoms with E-state index in [1.807, 2.05) is 20.8 Å². The van der Waals surface area contributed by atoms with Crippen molar-refractivity contribution in [2.24, 2.45) is 0 Å². The van der Waals surface area contributed by atoms with E-state index in [1.54, 1.807) is 18.2 Å². The molecule has 1 aromatic heterocycles. The molecule has 1 N–H and O–H groups in total. The molecular weight excluding hydrogens is 398 g/mol. The van der Waals surface area contributed by atoms with Gasteiger partial charge in [-0.15, -0.1) is 0 Å². The first-order valence-electron chi connectivity index (χ1n) is 9.31. The van der Waals surface area contributed by atoms with Crippen LogP contribution in [0.5, 0.6) is 11.5 Å². The number of anilines is 1. The maximum absolute atomic E-state index is 12.6. The number of aromatic nitrogens is 2. The minimum Gasteiger partial charge on any atom is -0.490 e. The molecule has 1 amide bonds. The van der Waals surface area contributed by atoms with Crippen molar-refractivity contribution >= 4 is 21.4 Å². The highest BCUT2D eigenvalue weighted by Gasteiger charge is 2.31. The fourth-order valence-corrected chi connectivity index (χ4v) is 3.68. The number of sulfone groups is 1. The van der Waals surface area contributed by atoms with Gasteiger partial charge >= 0.3 is 0 Å². The molecule has 0 bridgehead atoms. The number of rotatable bonds is 5. The lowest BCUT2D eigenvalue weighted by molar-refractivity contribution is -0.115. The summed E-state index contributed by atoms with van der Waals surface area (Å²) in [5, 5.41) is 5.04. The van der Waals surface area contributed by atoms with Crippen LogP contribution in [-0.2, 0) is 25.8 Å². The van der Waals surface area contributed by atoms with Crippen LogP contribution in [-0.4, -0.2) is 42.9 Å². The average Bonchev–Trinajstić information content (AvgIpc) is 2.98. The number of ether oxygens (including phenoxy) is 2. The number of nitrogens with one attached hydrogen (secondary N) is 1. The Morgan fingerprint density at radius 1 is 1.21 bits per heavy atom. The summed E-state index contributed by atoms with van der Waals surface area (Å²) in [7, 11) is -3.84. The van der Waals surface area contributed by atoms with Crippen LogP contribution in [0.25, 0.3) is 0 Å². The monoisotopic (exact) mass is 423 g/mol. The third kappa shape index (κ3) is 5.06. The van der Waals surface area contributed by atoms with Gasteiger partial charge in [0, 0.05) is 23.6 Å². The van der Waals surface area contributed by atoms with Crippen molar-refractivity contribution in [2.75, 3.05) is 18.5 Å². The molecule has 1 atom stereocenters. The fourth-order valence-electron chi connectivity index (χ4n) is 2.57. The predicted octanol–water partition coefficient (Wildman–Crippen LogP) is 2.47. The number of carbonyl (C=O) groups is 1. The number of fused-ring (bicyclic) bond motifs is 1. The van der Waals surface area contributed by atoms with E-state index in [9.17, 15) is 13.2 Å². The minimum absolute atomic E-state index is 0.0326. The Labute approximate surface area is 169 Å². The lowest BCUT2D eigenvalue weighted by Crippen LogP contribution is -2.33. The minimum atomic E-state index is -3.84. The maximum Gasteiger partial charge on any atom is 0.242 e. The second kappa shape index (κ2) is 8.02. The van der Waals surface area contributed by atoms with Crippen molar-refractivity contribution in [3.05, 3.63) is 29.9 Å². The molecule has 9 nitrogen and oxygen atoms in total. The summed E-state index contributed by atoms with van der Waals surface area (Å²) < 4.78 is 41.5. The van der Waals surface area contributed by atoms with Crippen LogP contribution in [0, 0.1) is 0 Å². The summed E-state index contributed by atoms with van der Waals surface area (Å²) in [4.78, 5) is 16.7. The molecule has 0 saturated carbocycles. The molecule has 0 saturated heterocycles. The van der Waals surface area contributed by atoms with E-state index in [1.165, 1.54) is 6.92 Å². The zero-order chi connectivity index (χ0) is 21.2. The molecule has 158 valence electrons. The van der Waals surface area contributed by atoms with Crippen molar-refractivity contribution < 1.29 is 27.2 Å². The smallest absolute Gasteiger partial charge is 0.242 e. The van der Waals surface area contributed by atoms with Crippen LogP contribution in [0.3, 0.4) is 0 Å². The molecule has 0 fully saturated rings. The van der Waals surface area contributed by atoms with E-state index in [4.69, 9.17) is 14.0 Å². The summed E-state index contributed by atoms with van der Waals surface area (Å²) >= 11 is 0. The molecule has 0 unspecified atom stereocenters. The van der Waals surface area contributed by atoms with Crippen molar-refractivity contribution in [1.82, 2.24) is 10.1 Å². The first kappa shape index (κ1) is 21.1. The van der Waals surface area contributed by atoms with Crippen molar-refractivity contribution in [3.63, 3.8) is 0 Å². The van der Waals surface area contributed by atoms with E-state index in [-0.39, 0.29) is 5.82 Å². The third-order valence-corrected chi connectivity index (χ3v) is 6.31. The van der Waals surface area contributed by atoms with Gasteiger partial charge in [-0.1, -0.05) is 25.9 Å². The molecule has 1 aliphatic heterocycles. The van der Waals surface area contributed by atoms with Crippen molar-refractivity contribution in [3.8, 4) is 11.5 Å². The van der Waals surface area contributed by atoms with Gasteiger partial charge in [-0.05, 0) is 19.1 Å². The first-order valence-corrected chi connectivity index (χ1v) is 11.0. The zero-order valence-corrected chi connectivity index (χ0v) is 17.7. The Hall–Kier alpha value is -2.62. The average molecular weight is 423 g/mol. The van der Waals surface area contributed by atoms with Gasteiger partial charge in [0.15, 0.2) is 27.2 Å². The summed E-state index contributed by atoms with van der Waals surface area (Å²) in [6.07, 6.45) is 0.763. The molecule has 10 heteroatoms. The Morgan fingerprint density at radius 3 is 2.55 bits per heavy atom. The van der Waals surface area contributed by atoms with Crippen LogP contribution in [0.15, 0.2) is 22.7 Å². The lowest BCUT2D eigenvalue weighted by Gasteiger charge is -2.14. The Morgan fingerprint density at radius 2 is 1.90 bits per heavy atom. The van der Waals surface area contributed by atoms with E-state index < -0.39 is 32.2 Å². The molecule has 1 aromatic carbocycles. The van der Waals surface area contributed by atoms with Crippen LogP contribution in [0.2, 0.25) is 0 Å². The summed E-state index contributed by atoms with van der Waals surface area (Å²) in [5.74, 6) is 0.337. The normalized spacial score (nSPS) is 15.4. The molecule has 3 rings (SSSR count). The third-order valence-electron chi connectivity index (χ3n) is 4.36. The van der Waals surface area contributed by atoms with Gasteiger partial charge in [0.2, 0.25) is 11.8 Å². The van der Waals surface area contributed by atoms with E-state index in [2.05, 4.69) is 15.5 Å². The number of nitrogens with zero attached hydrogens (tertiary/aromatic N) is 2. The second-order valence-electron chi connectivity index (χ2n) is 7.92. The molecular formula is C19H25N3O6S. The molecule has 2 aromatic rings. The molecule has 0 spiro atoms. The largest absolute Gasteiger partial charge is 0.490 e. The van der Waals surface area contributed by atoms with Gasteiger partial charge in [0.05, 0.1) is 13.2 Å². The zero-order valence-electron chi connectivity index (χ0n) is 16.9. The van der Waals surface area contributed by atoms with Gasteiger partial charge < -0.3 is 19.3 Å². The fraction of sp³-hybridized carbons (Fsp3) is 0.526. The quantitative estimate of drug-likeness (QED) is 0.779. The molecule has 0 aliphatic carbocycles. The van der Waals surface area contributed by atoms with Crippen molar-refractivity contribution in [2.45, 2.75) is 50.5 Å². The van der Waals surface area contributed by atoms with Gasteiger partial charge in [-0.25, -0.2) is 8.42 Å².